The van der Waals surface area contributed by atoms with E-state index in [4.69, 9.17) is 11.6 Å². The van der Waals surface area contributed by atoms with Crippen LogP contribution >= 0.6 is 11.6 Å². The summed E-state index contributed by atoms with van der Waals surface area (Å²) >= 11 is 5.83. The number of anilines is 1. The second-order valence-corrected chi connectivity index (χ2v) is 5.72. The van der Waals surface area contributed by atoms with Gasteiger partial charge in [0.25, 0.3) is 0 Å². The number of aromatic nitrogens is 2. The highest BCUT2D eigenvalue weighted by molar-refractivity contribution is 6.30. The van der Waals surface area contributed by atoms with E-state index in [0.717, 1.165) is 16.8 Å². The van der Waals surface area contributed by atoms with Gasteiger partial charge in [0.05, 0.1) is 0 Å². The molecule has 3 rings (SSSR count). The first-order chi connectivity index (χ1) is 11.6. The number of benzene rings is 2. The molecule has 2 aromatic carbocycles. The van der Waals surface area contributed by atoms with Crippen LogP contribution in [-0.4, -0.2) is 16.0 Å². The molecule has 0 bridgehead atoms. The minimum absolute atomic E-state index is 0.104. The van der Waals surface area contributed by atoms with Crippen molar-refractivity contribution < 1.29 is 4.79 Å². The van der Waals surface area contributed by atoms with Gasteiger partial charge in [-0.1, -0.05) is 41.9 Å². The Bertz CT molecular complexity index is 867. The zero-order chi connectivity index (χ0) is 16.9. The highest BCUT2D eigenvalue weighted by Crippen LogP contribution is 2.29. The second kappa shape index (κ2) is 7.15. The molecule has 0 aliphatic carbocycles. The van der Waals surface area contributed by atoms with Crippen molar-refractivity contribution in [1.29, 1.82) is 0 Å². The maximum Gasteiger partial charge on any atom is 0.187 e. The molecule has 0 radical (unpaired) electrons. The van der Waals surface area contributed by atoms with E-state index in [0.29, 0.717) is 16.4 Å². The number of carbonyl (C=O) groups is 1. The maximum absolute atomic E-state index is 12.1. The fourth-order valence-electron chi connectivity index (χ4n) is 2.40. The van der Waals surface area contributed by atoms with Crippen LogP contribution in [-0.2, 0) is 0 Å². The number of hydrogen-bond donors (Lipinski definition) is 2. The molecule has 0 spiro atoms. The summed E-state index contributed by atoms with van der Waals surface area (Å²) < 4.78 is 0. The number of halogens is 1. The van der Waals surface area contributed by atoms with Gasteiger partial charge in [0.1, 0.15) is 0 Å². The van der Waals surface area contributed by atoms with Gasteiger partial charge in [-0.2, -0.15) is 5.10 Å². The third kappa shape index (κ3) is 3.55. The number of aromatic amines is 1. The number of nitrogens with zero attached hydrogens (tertiary/aromatic N) is 1. The lowest BCUT2D eigenvalue weighted by molar-refractivity contribution is 0.104. The molecule has 120 valence electrons. The molecule has 0 fully saturated rings. The molecule has 0 aliphatic rings. The number of allylic oxidation sites excluding steroid dienone is 1. The molecule has 0 unspecified atom stereocenters. The van der Waals surface area contributed by atoms with Crippen LogP contribution in [0.5, 0.6) is 0 Å². The summed E-state index contributed by atoms with van der Waals surface area (Å²) in [5, 5.41) is 10.9. The lowest BCUT2D eigenvalue weighted by atomic mass is 10.1. The Morgan fingerprint density at radius 2 is 1.83 bits per heavy atom. The predicted molar refractivity (Wildman–Crippen MR) is 97.3 cm³/mol. The summed E-state index contributed by atoms with van der Waals surface area (Å²) in [7, 11) is 0. The van der Waals surface area contributed by atoms with Crippen molar-refractivity contribution in [2.75, 3.05) is 5.32 Å². The number of carbonyl (C=O) groups excluding carboxylic acids is 1. The minimum Gasteiger partial charge on any atom is -0.345 e. The molecule has 3 aromatic rings. The average molecular weight is 338 g/mol. The lowest BCUT2D eigenvalue weighted by Gasteiger charge is -2.03. The van der Waals surface area contributed by atoms with Crippen molar-refractivity contribution in [2.45, 2.75) is 6.92 Å². The summed E-state index contributed by atoms with van der Waals surface area (Å²) in [4.78, 5) is 12.1. The normalized spacial score (nSPS) is 10.9. The number of aryl methyl sites for hydroxylation is 1. The van der Waals surface area contributed by atoms with Gasteiger partial charge in [0.2, 0.25) is 0 Å². The second-order valence-electron chi connectivity index (χ2n) is 5.29. The molecule has 4 nitrogen and oxygen atoms in total. The van der Waals surface area contributed by atoms with Crippen LogP contribution in [0.2, 0.25) is 5.02 Å². The van der Waals surface area contributed by atoms with Crippen LogP contribution in [0, 0.1) is 6.92 Å². The van der Waals surface area contributed by atoms with Gasteiger partial charge in [-0.3, -0.25) is 9.89 Å². The molecular formula is C19H16ClN3O. The minimum atomic E-state index is -0.104. The van der Waals surface area contributed by atoms with Crippen molar-refractivity contribution in [3.8, 4) is 11.1 Å². The third-order valence-corrected chi connectivity index (χ3v) is 3.85. The van der Waals surface area contributed by atoms with Crippen molar-refractivity contribution in [2.24, 2.45) is 0 Å². The van der Waals surface area contributed by atoms with E-state index < -0.39 is 0 Å². The summed E-state index contributed by atoms with van der Waals surface area (Å²) in [5.41, 5.74) is 3.59. The lowest BCUT2D eigenvalue weighted by Crippen LogP contribution is -1.97. The molecule has 5 heteroatoms. The van der Waals surface area contributed by atoms with Crippen LogP contribution in [0.1, 0.15) is 16.1 Å². The summed E-state index contributed by atoms with van der Waals surface area (Å²) in [5.74, 6) is 0.576. The van der Waals surface area contributed by atoms with Gasteiger partial charge in [0.15, 0.2) is 11.6 Å². The van der Waals surface area contributed by atoms with Crippen LogP contribution in [0.15, 0.2) is 66.9 Å². The van der Waals surface area contributed by atoms with E-state index in [-0.39, 0.29) is 5.78 Å². The number of ketones is 1. The summed E-state index contributed by atoms with van der Waals surface area (Å²) in [6.07, 6.45) is 3.07. The monoisotopic (exact) mass is 337 g/mol. The fraction of sp³-hybridized carbons (Fsp3) is 0.0526. The fourth-order valence-corrected chi connectivity index (χ4v) is 2.52. The molecule has 2 N–H and O–H groups in total. The van der Waals surface area contributed by atoms with Crippen LogP contribution < -0.4 is 5.32 Å². The number of nitrogens with one attached hydrogen (secondary N) is 2. The van der Waals surface area contributed by atoms with E-state index in [9.17, 15) is 4.79 Å². The van der Waals surface area contributed by atoms with Gasteiger partial charge in [-0.15, -0.1) is 0 Å². The predicted octanol–water partition coefficient (Wildman–Crippen LogP) is 4.85. The Balaban J connectivity index is 1.76. The highest BCUT2D eigenvalue weighted by Gasteiger charge is 2.11. The molecule has 0 saturated heterocycles. The average Bonchev–Trinajstić information content (AvgIpc) is 2.97. The maximum atomic E-state index is 12.1. The Morgan fingerprint density at radius 3 is 2.54 bits per heavy atom. The molecule has 0 atom stereocenters. The first-order valence-electron chi connectivity index (χ1n) is 7.48. The molecule has 0 aliphatic heterocycles. The topological polar surface area (TPSA) is 57.8 Å². The van der Waals surface area contributed by atoms with Crippen LogP contribution in [0.4, 0.5) is 5.82 Å². The van der Waals surface area contributed by atoms with Gasteiger partial charge in [0, 0.05) is 34.1 Å². The number of hydrogen-bond acceptors (Lipinski definition) is 3. The Hall–Kier alpha value is -2.85. The Kier molecular flexibility index (Phi) is 4.77. The SMILES string of the molecule is Cc1[nH]nc(N/C=C\C(=O)c2ccc(Cl)cc2)c1-c1ccccc1. The number of H-pyrrole nitrogens is 1. The molecule has 0 saturated carbocycles. The van der Waals surface area contributed by atoms with E-state index >= 15 is 0 Å². The van der Waals surface area contributed by atoms with Crippen molar-refractivity contribution in [3.05, 3.63) is 83.2 Å². The zero-order valence-electron chi connectivity index (χ0n) is 13.1. The number of rotatable bonds is 5. The van der Waals surface area contributed by atoms with Crippen molar-refractivity contribution >= 4 is 23.2 Å². The van der Waals surface area contributed by atoms with Gasteiger partial charge in [-0.25, -0.2) is 0 Å². The molecule has 1 heterocycles. The standard InChI is InChI=1S/C19H16ClN3O/c1-13-18(15-5-3-2-4-6-15)19(23-22-13)21-12-11-17(24)14-7-9-16(20)10-8-14/h2-12H,1H3,(H2,21,22,23)/b12-11-. The summed E-state index contributed by atoms with van der Waals surface area (Å²) in [6.45, 7) is 1.96. The van der Waals surface area contributed by atoms with Gasteiger partial charge >= 0.3 is 0 Å². The summed E-state index contributed by atoms with van der Waals surface area (Å²) in [6, 6.07) is 16.7. The van der Waals surface area contributed by atoms with E-state index in [1.54, 1.807) is 30.5 Å². The first kappa shape index (κ1) is 16.0. The van der Waals surface area contributed by atoms with Crippen molar-refractivity contribution in [3.63, 3.8) is 0 Å². The smallest absolute Gasteiger partial charge is 0.187 e. The highest BCUT2D eigenvalue weighted by atomic mass is 35.5. The Labute approximate surface area is 145 Å². The quantitative estimate of drug-likeness (QED) is 0.517. The first-order valence-corrected chi connectivity index (χ1v) is 7.86. The van der Waals surface area contributed by atoms with Gasteiger partial charge < -0.3 is 5.32 Å². The van der Waals surface area contributed by atoms with Crippen LogP contribution in [0.25, 0.3) is 11.1 Å². The zero-order valence-corrected chi connectivity index (χ0v) is 13.8. The van der Waals surface area contributed by atoms with E-state index in [2.05, 4.69) is 15.5 Å². The van der Waals surface area contributed by atoms with E-state index in [1.165, 1.54) is 6.08 Å². The Morgan fingerprint density at radius 1 is 1.12 bits per heavy atom. The molecule has 0 amide bonds. The largest absolute Gasteiger partial charge is 0.345 e. The third-order valence-electron chi connectivity index (χ3n) is 3.59. The molecular weight excluding hydrogens is 322 g/mol. The molecule has 1 aromatic heterocycles. The van der Waals surface area contributed by atoms with Crippen LogP contribution in [0.3, 0.4) is 0 Å². The van der Waals surface area contributed by atoms with E-state index in [1.807, 2.05) is 37.3 Å². The van der Waals surface area contributed by atoms with Crippen molar-refractivity contribution in [1.82, 2.24) is 10.2 Å². The molecule has 24 heavy (non-hydrogen) atoms. The van der Waals surface area contributed by atoms with Gasteiger partial charge in [-0.05, 0) is 36.8 Å².